The zero-order valence-electron chi connectivity index (χ0n) is 13.0. The lowest BCUT2D eigenvalue weighted by molar-refractivity contribution is 0.0980. The highest BCUT2D eigenvalue weighted by molar-refractivity contribution is 5.92. The second kappa shape index (κ2) is 5.88. The van der Waals surface area contributed by atoms with E-state index in [4.69, 9.17) is 5.73 Å². The molecule has 21 heavy (non-hydrogen) atoms. The molecule has 1 fully saturated rings. The summed E-state index contributed by atoms with van der Waals surface area (Å²) in [5.74, 6) is 0.0452. The van der Waals surface area contributed by atoms with E-state index in [-0.39, 0.29) is 17.4 Å². The zero-order valence-corrected chi connectivity index (χ0v) is 13.0. The van der Waals surface area contributed by atoms with Crippen molar-refractivity contribution >= 4 is 5.91 Å². The molecule has 1 saturated carbocycles. The SMILES string of the molecule is CCC(C)(C)C1CCC(C#N)C(n2cc(C(N)=O)cn2)C1. The molecular weight excluding hydrogens is 264 g/mol. The summed E-state index contributed by atoms with van der Waals surface area (Å²) in [6.07, 6.45) is 7.19. The van der Waals surface area contributed by atoms with Crippen molar-refractivity contribution in [2.75, 3.05) is 0 Å². The number of rotatable bonds is 4. The fourth-order valence-electron chi connectivity index (χ4n) is 3.23. The molecule has 2 rings (SSSR count). The quantitative estimate of drug-likeness (QED) is 0.924. The van der Waals surface area contributed by atoms with Crippen LogP contribution >= 0.6 is 0 Å². The van der Waals surface area contributed by atoms with E-state index in [1.807, 2.05) is 0 Å². The maximum absolute atomic E-state index is 11.2. The van der Waals surface area contributed by atoms with Crippen LogP contribution in [0.3, 0.4) is 0 Å². The molecule has 114 valence electrons. The van der Waals surface area contributed by atoms with Gasteiger partial charge in [-0.05, 0) is 30.6 Å². The number of carbonyl (C=O) groups is 1. The number of nitrogens with two attached hydrogens (primary N) is 1. The molecule has 0 bridgehead atoms. The molecule has 0 saturated heterocycles. The smallest absolute Gasteiger partial charge is 0.251 e. The van der Waals surface area contributed by atoms with Crippen molar-refractivity contribution < 1.29 is 4.79 Å². The Hall–Kier alpha value is -1.83. The van der Waals surface area contributed by atoms with Crippen molar-refractivity contribution in [1.29, 1.82) is 5.26 Å². The van der Waals surface area contributed by atoms with Crippen LogP contribution in [-0.4, -0.2) is 15.7 Å². The van der Waals surface area contributed by atoms with Gasteiger partial charge in [0.15, 0.2) is 0 Å². The van der Waals surface area contributed by atoms with Crippen LogP contribution < -0.4 is 5.73 Å². The van der Waals surface area contributed by atoms with Crippen LogP contribution in [0.2, 0.25) is 0 Å². The number of amides is 1. The van der Waals surface area contributed by atoms with Crippen molar-refractivity contribution in [3.05, 3.63) is 18.0 Å². The van der Waals surface area contributed by atoms with E-state index < -0.39 is 5.91 Å². The van der Waals surface area contributed by atoms with Crippen LogP contribution in [0.15, 0.2) is 12.4 Å². The monoisotopic (exact) mass is 288 g/mol. The van der Waals surface area contributed by atoms with Gasteiger partial charge < -0.3 is 5.73 Å². The summed E-state index contributed by atoms with van der Waals surface area (Å²) in [4.78, 5) is 11.2. The minimum atomic E-state index is -0.476. The Morgan fingerprint density at radius 2 is 2.29 bits per heavy atom. The lowest BCUT2D eigenvalue weighted by Crippen LogP contribution is -2.34. The van der Waals surface area contributed by atoms with Gasteiger partial charge in [0.05, 0.1) is 29.8 Å². The molecule has 5 nitrogen and oxygen atoms in total. The largest absolute Gasteiger partial charge is 0.366 e. The molecule has 1 aliphatic carbocycles. The fraction of sp³-hybridized carbons (Fsp3) is 0.688. The van der Waals surface area contributed by atoms with E-state index in [9.17, 15) is 10.1 Å². The molecule has 1 amide bonds. The first kappa shape index (κ1) is 15.6. The van der Waals surface area contributed by atoms with Crippen LogP contribution in [0, 0.1) is 28.6 Å². The lowest BCUT2D eigenvalue weighted by Gasteiger charge is -2.41. The minimum absolute atomic E-state index is 0.0349. The highest BCUT2D eigenvalue weighted by atomic mass is 16.1. The Labute approximate surface area is 126 Å². The molecule has 1 heterocycles. The number of primary amides is 1. The van der Waals surface area contributed by atoms with Gasteiger partial charge in [-0.15, -0.1) is 0 Å². The Morgan fingerprint density at radius 3 is 2.81 bits per heavy atom. The number of hydrogen-bond acceptors (Lipinski definition) is 3. The Bertz CT molecular complexity index is 555. The molecule has 2 N–H and O–H groups in total. The van der Waals surface area contributed by atoms with Crippen molar-refractivity contribution in [3.63, 3.8) is 0 Å². The van der Waals surface area contributed by atoms with Crippen molar-refractivity contribution in [2.45, 2.75) is 52.5 Å². The summed E-state index contributed by atoms with van der Waals surface area (Å²) in [5.41, 5.74) is 5.95. The highest BCUT2D eigenvalue weighted by Gasteiger charge is 2.38. The van der Waals surface area contributed by atoms with Gasteiger partial charge in [-0.25, -0.2) is 0 Å². The molecule has 0 spiro atoms. The van der Waals surface area contributed by atoms with Crippen molar-refractivity contribution in [1.82, 2.24) is 9.78 Å². The molecule has 3 atom stereocenters. The van der Waals surface area contributed by atoms with E-state index in [2.05, 4.69) is 31.9 Å². The van der Waals surface area contributed by atoms with Gasteiger partial charge in [-0.3, -0.25) is 9.48 Å². The molecular formula is C16H24N4O. The van der Waals surface area contributed by atoms with Crippen LogP contribution in [0.5, 0.6) is 0 Å². The summed E-state index contributed by atoms with van der Waals surface area (Å²) in [6.45, 7) is 6.79. The first-order valence-electron chi connectivity index (χ1n) is 7.62. The van der Waals surface area contributed by atoms with Crippen LogP contribution in [-0.2, 0) is 0 Å². The van der Waals surface area contributed by atoms with E-state index in [1.165, 1.54) is 6.20 Å². The third-order valence-corrected chi connectivity index (χ3v) is 5.22. The van der Waals surface area contributed by atoms with Gasteiger partial charge in [0, 0.05) is 6.20 Å². The number of hydrogen-bond donors (Lipinski definition) is 1. The number of nitriles is 1. The lowest BCUT2D eigenvalue weighted by atomic mass is 9.66. The van der Waals surface area contributed by atoms with E-state index in [0.717, 1.165) is 25.7 Å². The summed E-state index contributed by atoms with van der Waals surface area (Å²) < 4.78 is 1.77. The van der Waals surface area contributed by atoms with E-state index >= 15 is 0 Å². The third-order valence-electron chi connectivity index (χ3n) is 5.22. The van der Waals surface area contributed by atoms with Crippen molar-refractivity contribution in [3.8, 4) is 6.07 Å². The van der Waals surface area contributed by atoms with Gasteiger partial charge in [-0.2, -0.15) is 10.4 Å². The van der Waals surface area contributed by atoms with Crippen LogP contribution in [0.25, 0.3) is 0 Å². The summed E-state index contributed by atoms with van der Waals surface area (Å²) >= 11 is 0. The summed E-state index contributed by atoms with van der Waals surface area (Å²) in [5, 5.41) is 13.7. The van der Waals surface area contributed by atoms with Gasteiger partial charge >= 0.3 is 0 Å². The second-order valence-electron chi connectivity index (χ2n) is 6.73. The molecule has 0 aromatic carbocycles. The molecule has 1 aromatic rings. The normalized spacial score (nSPS) is 26.3. The number of aromatic nitrogens is 2. The second-order valence-corrected chi connectivity index (χ2v) is 6.73. The predicted octanol–water partition coefficient (Wildman–Crippen LogP) is 2.90. The first-order valence-corrected chi connectivity index (χ1v) is 7.62. The van der Waals surface area contributed by atoms with E-state index in [0.29, 0.717) is 11.5 Å². The molecule has 5 heteroatoms. The van der Waals surface area contributed by atoms with Crippen molar-refractivity contribution in [2.24, 2.45) is 23.0 Å². The summed E-state index contributed by atoms with van der Waals surface area (Å²) in [6, 6.07) is 2.44. The average molecular weight is 288 g/mol. The fourth-order valence-corrected chi connectivity index (χ4v) is 3.23. The minimum Gasteiger partial charge on any atom is -0.366 e. The average Bonchev–Trinajstić information content (AvgIpc) is 2.96. The van der Waals surface area contributed by atoms with E-state index in [1.54, 1.807) is 10.9 Å². The standard InChI is InChI=1S/C16H24N4O/c1-4-16(2,3)13-6-5-11(8-17)14(7-13)20-10-12(9-19-20)15(18)21/h9-11,13-14H,4-7H2,1-3H3,(H2,18,21). The van der Waals surface area contributed by atoms with Gasteiger partial charge in [0.25, 0.3) is 5.91 Å². The maximum atomic E-state index is 11.2. The molecule has 0 radical (unpaired) electrons. The number of carbonyl (C=O) groups excluding carboxylic acids is 1. The zero-order chi connectivity index (χ0) is 15.6. The van der Waals surface area contributed by atoms with Gasteiger partial charge in [0.1, 0.15) is 0 Å². The van der Waals surface area contributed by atoms with Crippen LogP contribution in [0.4, 0.5) is 0 Å². The predicted molar refractivity (Wildman–Crippen MR) is 80.3 cm³/mol. The molecule has 1 aliphatic rings. The Balaban J connectivity index is 2.24. The summed E-state index contributed by atoms with van der Waals surface area (Å²) in [7, 11) is 0. The number of nitrogens with zero attached hydrogens (tertiary/aromatic N) is 3. The highest BCUT2D eigenvalue weighted by Crippen LogP contribution is 2.46. The molecule has 3 unspecified atom stereocenters. The Kier molecular flexibility index (Phi) is 4.36. The molecule has 1 aromatic heterocycles. The third kappa shape index (κ3) is 3.10. The molecule has 0 aliphatic heterocycles. The van der Waals surface area contributed by atoms with Gasteiger partial charge in [0.2, 0.25) is 0 Å². The topological polar surface area (TPSA) is 84.7 Å². The van der Waals surface area contributed by atoms with Gasteiger partial charge in [-0.1, -0.05) is 27.2 Å². The first-order chi connectivity index (χ1) is 9.89. The maximum Gasteiger partial charge on any atom is 0.251 e. The van der Waals surface area contributed by atoms with Crippen LogP contribution in [0.1, 0.15) is 62.9 Å². The Morgan fingerprint density at radius 1 is 1.57 bits per heavy atom.